The van der Waals surface area contributed by atoms with Crippen molar-refractivity contribution in [3.05, 3.63) is 93.5 Å². The van der Waals surface area contributed by atoms with Gasteiger partial charge in [0.1, 0.15) is 0 Å². The number of nitro groups is 1. The van der Waals surface area contributed by atoms with Gasteiger partial charge in [0, 0.05) is 26.6 Å². The van der Waals surface area contributed by atoms with Crippen LogP contribution in [-0.4, -0.2) is 4.92 Å². The van der Waals surface area contributed by atoms with Crippen molar-refractivity contribution in [1.82, 2.24) is 0 Å². The van der Waals surface area contributed by atoms with E-state index in [4.69, 9.17) is 11.6 Å². The van der Waals surface area contributed by atoms with E-state index in [0.717, 1.165) is 15.4 Å². The van der Waals surface area contributed by atoms with Crippen molar-refractivity contribution in [2.24, 2.45) is 0 Å². The molecule has 0 radical (unpaired) electrons. The molecule has 0 unspecified atom stereocenters. The summed E-state index contributed by atoms with van der Waals surface area (Å²) in [6.07, 6.45) is 0. The number of hydrogen-bond donors (Lipinski definition) is 0. The zero-order valence-electron chi connectivity index (χ0n) is 13.1. The Morgan fingerprint density at radius 1 is 0.920 bits per heavy atom. The monoisotopic (exact) mass is 387 g/mol. The summed E-state index contributed by atoms with van der Waals surface area (Å²) in [6, 6.07) is 22.7. The molecule has 0 amide bonds. The number of nitro benzene ring substituents is 1. The Hall–Kier alpha value is -1.95. The van der Waals surface area contributed by atoms with E-state index < -0.39 is 0 Å². The number of benzene rings is 3. The molecule has 0 bridgehead atoms. The lowest BCUT2D eigenvalue weighted by Crippen LogP contribution is -1.93. The van der Waals surface area contributed by atoms with Gasteiger partial charge in [-0.1, -0.05) is 47.6 Å². The van der Waals surface area contributed by atoms with Gasteiger partial charge in [0.15, 0.2) is 0 Å². The first kappa shape index (κ1) is 17.9. The van der Waals surface area contributed by atoms with Gasteiger partial charge in [0.2, 0.25) is 0 Å². The van der Waals surface area contributed by atoms with E-state index in [9.17, 15) is 10.1 Å². The maximum absolute atomic E-state index is 11.5. The fourth-order valence-corrected chi connectivity index (χ4v) is 4.08. The smallest absolute Gasteiger partial charge is 0.258 e. The molecular weight excluding hydrogens is 374 g/mol. The van der Waals surface area contributed by atoms with E-state index in [2.05, 4.69) is 0 Å². The molecular formula is C19H14ClNO2S2. The van der Waals surface area contributed by atoms with E-state index in [1.807, 2.05) is 54.6 Å². The molecule has 0 heterocycles. The molecule has 0 saturated carbocycles. The highest BCUT2D eigenvalue weighted by Gasteiger charge is 2.16. The van der Waals surface area contributed by atoms with E-state index >= 15 is 0 Å². The minimum absolute atomic E-state index is 0.131. The summed E-state index contributed by atoms with van der Waals surface area (Å²) in [6.45, 7) is 0. The Labute approximate surface area is 159 Å². The van der Waals surface area contributed by atoms with Crippen LogP contribution in [0, 0.1) is 10.1 Å². The molecule has 0 saturated heterocycles. The van der Waals surface area contributed by atoms with Crippen LogP contribution in [0.4, 0.5) is 5.69 Å². The molecule has 0 aliphatic rings. The maximum atomic E-state index is 11.5. The first-order chi connectivity index (χ1) is 12.1. The summed E-state index contributed by atoms with van der Waals surface area (Å²) in [5, 5.41) is 12.1. The van der Waals surface area contributed by atoms with E-state index in [1.54, 1.807) is 30.0 Å². The third-order valence-electron chi connectivity index (χ3n) is 3.41. The van der Waals surface area contributed by atoms with Gasteiger partial charge in [-0.15, -0.1) is 11.8 Å². The summed E-state index contributed by atoms with van der Waals surface area (Å²) in [4.78, 5) is 13.8. The van der Waals surface area contributed by atoms with Crippen LogP contribution in [-0.2, 0) is 5.75 Å². The van der Waals surface area contributed by atoms with Crippen LogP contribution in [0.15, 0.2) is 87.5 Å². The van der Waals surface area contributed by atoms with Crippen LogP contribution < -0.4 is 0 Å². The second-order valence-corrected chi connectivity index (χ2v) is 7.82. The average Bonchev–Trinajstić information content (AvgIpc) is 2.63. The highest BCUT2D eigenvalue weighted by atomic mass is 35.5. The van der Waals surface area contributed by atoms with E-state index in [-0.39, 0.29) is 10.6 Å². The third-order valence-corrected chi connectivity index (χ3v) is 5.82. The van der Waals surface area contributed by atoms with Crippen LogP contribution in [0.3, 0.4) is 0 Å². The first-order valence-electron chi connectivity index (χ1n) is 7.50. The lowest BCUT2D eigenvalue weighted by Gasteiger charge is -2.06. The third kappa shape index (κ3) is 5.01. The van der Waals surface area contributed by atoms with Gasteiger partial charge in [-0.2, -0.15) is 0 Å². The largest absolute Gasteiger partial charge is 0.283 e. The van der Waals surface area contributed by atoms with Crippen molar-refractivity contribution in [2.75, 3.05) is 0 Å². The molecule has 0 aromatic heterocycles. The van der Waals surface area contributed by atoms with Gasteiger partial charge in [-0.3, -0.25) is 10.1 Å². The highest BCUT2D eigenvalue weighted by Crippen LogP contribution is 2.36. The highest BCUT2D eigenvalue weighted by molar-refractivity contribution is 7.99. The molecule has 0 N–H and O–H groups in total. The van der Waals surface area contributed by atoms with E-state index in [0.29, 0.717) is 15.7 Å². The Morgan fingerprint density at radius 3 is 2.32 bits per heavy atom. The molecule has 3 nitrogen and oxygen atoms in total. The molecule has 3 aromatic carbocycles. The molecule has 6 heteroatoms. The van der Waals surface area contributed by atoms with Gasteiger partial charge in [-0.05, 0) is 48.0 Å². The average molecular weight is 388 g/mol. The van der Waals surface area contributed by atoms with Crippen molar-refractivity contribution in [3.63, 3.8) is 0 Å². The summed E-state index contributed by atoms with van der Waals surface area (Å²) >= 11 is 8.91. The maximum Gasteiger partial charge on any atom is 0.283 e. The zero-order chi connectivity index (χ0) is 17.6. The standard InChI is InChI=1S/C19H14ClNO2S2/c20-15-7-9-17(10-8-15)25-19-11-6-14(12-18(19)21(22)23)13-24-16-4-2-1-3-5-16/h1-12H,13H2. The number of hydrogen-bond acceptors (Lipinski definition) is 4. The van der Waals surface area contributed by atoms with Crippen LogP contribution >= 0.6 is 35.1 Å². The predicted molar refractivity (Wildman–Crippen MR) is 105 cm³/mol. The van der Waals surface area contributed by atoms with Crippen LogP contribution in [0.25, 0.3) is 0 Å². The fourth-order valence-electron chi connectivity index (χ4n) is 2.19. The quantitative estimate of drug-likeness (QED) is 0.268. The fraction of sp³-hybridized carbons (Fsp3) is 0.0526. The van der Waals surface area contributed by atoms with Gasteiger partial charge >= 0.3 is 0 Å². The van der Waals surface area contributed by atoms with Crippen molar-refractivity contribution < 1.29 is 4.92 Å². The second-order valence-electron chi connectivity index (χ2n) is 5.22. The zero-order valence-corrected chi connectivity index (χ0v) is 15.5. The summed E-state index contributed by atoms with van der Waals surface area (Å²) in [5.74, 6) is 0.691. The molecule has 3 rings (SSSR count). The summed E-state index contributed by atoms with van der Waals surface area (Å²) in [5.41, 5.74) is 1.06. The topological polar surface area (TPSA) is 43.1 Å². The molecule has 126 valence electrons. The molecule has 0 spiro atoms. The van der Waals surface area contributed by atoms with E-state index in [1.165, 1.54) is 11.8 Å². The first-order valence-corrected chi connectivity index (χ1v) is 9.68. The minimum atomic E-state index is -0.324. The van der Waals surface area contributed by atoms with Crippen molar-refractivity contribution in [2.45, 2.75) is 20.4 Å². The number of nitrogens with zero attached hydrogens (tertiary/aromatic N) is 1. The van der Waals surface area contributed by atoms with Crippen LogP contribution in [0.5, 0.6) is 0 Å². The lowest BCUT2D eigenvalue weighted by atomic mass is 10.2. The van der Waals surface area contributed by atoms with Crippen LogP contribution in [0.2, 0.25) is 5.02 Å². The normalized spacial score (nSPS) is 10.6. The van der Waals surface area contributed by atoms with Gasteiger partial charge in [-0.25, -0.2) is 0 Å². The van der Waals surface area contributed by atoms with Crippen molar-refractivity contribution in [3.8, 4) is 0 Å². The number of halogens is 1. The molecule has 25 heavy (non-hydrogen) atoms. The van der Waals surface area contributed by atoms with Gasteiger partial charge in [0.25, 0.3) is 5.69 Å². The molecule has 0 atom stereocenters. The molecule has 0 aliphatic carbocycles. The Balaban J connectivity index is 1.78. The number of thioether (sulfide) groups is 1. The Kier molecular flexibility index (Phi) is 6.02. The Morgan fingerprint density at radius 2 is 1.64 bits per heavy atom. The molecule has 3 aromatic rings. The lowest BCUT2D eigenvalue weighted by molar-refractivity contribution is -0.387. The predicted octanol–water partition coefficient (Wildman–Crippen LogP) is 6.69. The second kappa shape index (κ2) is 8.43. The van der Waals surface area contributed by atoms with Gasteiger partial charge < -0.3 is 0 Å². The summed E-state index contributed by atoms with van der Waals surface area (Å²) in [7, 11) is 0. The SMILES string of the molecule is O=[N+]([O-])c1cc(CSc2ccccc2)ccc1Sc1ccc(Cl)cc1. The molecule has 0 aliphatic heterocycles. The molecule has 0 fully saturated rings. The van der Waals surface area contributed by atoms with Crippen LogP contribution in [0.1, 0.15) is 5.56 Å². The summed E-state index contributed by atoms with van der Waals surface area (Å²) < 4.78 is 0. The minimum Gasteiger partial charge on any atom is -0.258 e. The number of rotatable bonds is 6. The van der Waals surface area contributed by atoms with Gasteiger partial charge in [0.05, 0.1) is 9.82 Å². The Bertz CT molecular complexity index is 870. The van der Waals surface area contributed by atoms with Crippen molar-refractivity contribution in [1.29, 1.82) is 0 Å². The van der Waals surface area contributed by atoms with Crippen molar-refractivity contribution >= 4 is 40.8 Å².